The number of anilines is 1. The van der Waals surface area contributed by atoms with Crippen molar-refractivity contribution in [3.8, 4) is 11.3 Å². The first-order valence-electron chi connectivity index (χ1n) is 10.4. The van der Waals surface area contributed by atoms with Gasteiger partial charge in [-0.2, -0.15) is 13.2 Å². The molecule has 158 valence electrons. The van der Waals surface area contributed by atoms with E-state index in [1.54, 1.807) is 22.6 Å². The summed E-state index contributed by atoms with van der Waals surface area (Å²) in [6.07, 6.45) is 1.39. The molecule has 0 spiro atoms. The molecule has 2 aliphatic rings. The van der Waals surface area contributed by atoms with Crippen LogP contribution in [-0.4, -0.2) is 45.7 Å². The van der Waals surface area contributed by atoms with Gasteiger partial charge in [0.25, 0.3) is 0 Å². The summed E-state index contributed by atoms with van der Waals surface area (Å²) in [5.41, 5.74) is 1.05. The molecule has 0 unspecified atom stereocenters. The van der Waals surface area contributed by atoms with Gasteiger partial charge in [0.1, 0.15) is 5.69 Å². The topological polar surface area (TPSA) is 45.5 Å². The minimum atomic E-state index is -4.45. The van der Waals surface area contributed by atoms with Crippen molar-refractivity contribution in [1.82, 2.24) is 19.5 Å². The molecule has 0 radical (unpaired) electrons. The number of halogens is 3. The van der Waals surface area contributed by atoms with Crippen molar-refractivity contribution in [1.29, 1.82) is 0 Å². The molecule has 0 bridgehead atoms. The van der Waals surface area contributed by atoms with Gasteiger partial charge >= 0.3 is 6.18 Å². The third-order valence-corrected chi connectivity index (χ3v) is 6.07. The SMILES string of the molecule is CN1CCC[C@@H](Nc2nnc(-c3ccc(C4CC4)cc3C(F)(F)F)c3cccn23)C1. The van der Waals surface area contributed by atoms with Crippen LogP contribution in [0.25, 0.3) is 16.8 Å². The monoisotopic (exact) mass is 415 g/mol. The Morgan fingerprint density at radius 2 is 1.93 bits per heavy atom. The summed E-state index contributed by atoms with van der Waals surface area (Å²) < 4.78 is 43.4. The first-order chi connectivity index (χ1) is 14.4. The average Bonchev–Trinajstić information content (AvgIpc) is 3.43. The number of aromatic nitrogens is 3. The molecule has 2 fully saturated rings. The van der Waals surface area contributed by atoms with Gasteiger partial charge in [-0.15, -0.1) is 10.2 Å². The highest BCUT2D eigenvalue weighted by atomic mass is 19.4. The fraction of sp³-hybridized carbons (Fsp3) is 0.455. The smallest absolute Gasteiger partial charge is 0.350 e. The number of likely N-dealkylation sites (N-methyl/N-ethyl adjacent to an activating group) is 1. The number of hydrogen-bond donors (Lipinski definition) is 1. The molecular formula is C22H24F3N5. The van der Waals surface area contributed by atoms with Crippen molar-refractivity contribution < 1.29 is 13.2 Å². The standard InChI is InChI=1S/C22H24F3N5/c1-29-10-2-4-16(13-29)26-21-28-27-20(19-5-3-11-30(19)21)17-9-8-15(14-6-7-14)12-18(17)22(23,24)25/h3,5,8-9,11-12,14,16H,2,4,6-7,10,13H2,1H3,(H,26,28)/t16-/m1/s1. The average molecular weight is 415 g/mol. The van der Waals surface area contributed by atoms with E-state index in [-0.39, 0.29) is 23.2 Å². The van der Waals surface area contributed by atoms with E-state index in [2.05, 4.69) is 27.5 Å². The summed E-state index contributed by atoms with van der Waals surface area (Å²) in [5.74, 6) is 0.807. The first kappa shape index (κ1) is 19.4. The van der Waals surface area contributed by atoms with Crippen molar-refractivity contribution in [3.63, 3.8) is 0 Å². The third-order valence-electron chi connectivity index (χ3n) is 6.07. The summed E-state index contributed by atoms with van der Waals surface area (Å²) in [7, 11) is 2.08. The van der Waals surface area contributed by atoms with E-state index in [0.717, 1.165) is 44.3 Å². The van der Waals surface area contributed by atoms with Crippen molar-refractivity contribution >= 4 is 11.5 Å². The van der Waals surface area contributed by atoms with Gasteiger partial charge in [-0.05, 0) is 69.0 Å². The highest BCUT2D eigenvalue weighted by Gasteiger charge is 2.36. The first-order valence-corrected chi connectivity index (χ1v) is 10.4. The Morgan fingerprint density at radius 3 is 2.67 bits per heavy atom. The lowest BCUT2D eigenvalue weighted by molar-refractivity contribution is -0.137. The number of hydrogen-bond acceptors (Lipinski definition) is 4. The Hall–Kier alpha value is -2.61. The van der Waals surface area contributed by atoms with E-state index in [1.807, 2.05) is 12.3 Å². The summed E-state index contributed by atoms with van der Waals surface area (Å²) >= 11 is 0. The van der Waals surface area contributed by atoms with Crippen LogP contribution in [0.1, 0.15) is 42.7 Å². The van der Waals surface area contributed by atoms with Crippen LogP contribution in [-0.2, 0) is 6.18 Å². The second-order valence-corrected chi connectivity index (χ2v) is 8.46. The molecule has 1 saturated carbocycles. The molecule has 8 heteroatoms. The van der Waals surface area contributed by atoms with E-state index in [9.17, 15) is 13.2 Å². The van der Waals surface area contributed by atoms with E-state index in [0.29, 0.717) is 11.5 Å². The zero-order valence-corrected chi connectivity index (χ0v) is 16.8. The molecule has 1 saturated heterocycles. The van der Waals surface area contributed by atoms with E-state index in [1.165, 1.54) is 6.07 Å². The maximum Gasteiger partial charge on any atom is 0.417 e. The molecule has 2 aromatic heterocycles. The highest BCUT2D eigenvalue weighted by Crippen LogP contribution is 2.45. The van der Waals surface area contributed by atoms with Crippen LogP contribution < -0.4 is 5.32 Å². The van der Waals surface area contributed by atoms with Crippen LogP contribution in [0.3, 0.4) is 0 Å². The van der Waals surface area contributed by atoms with Crippen LogP contribution in [0.2, 0.25) is 0 Å². The minimum absolute atomic E-state index is 0.0760. The molecule has 1 aromatic carbocycles. The minimum Gasteiger partial charge on any atom is -0.350 e. The number of fused-ring (bicyclic) bond motifs is 1. The zero-order chi connectivity index (χ0) is 20.9. The van der Waals surface area contributed by atoms with Gasteiger partial charge < -0.3 is 10.2 Å². The molecule has 1 N–H and O–H groups in total. The summed E-state index contributed by atoms with van der Waals surface area (Å²) in [6, 6.07) is 8.48. The lowest BCUT2D eigenvalue weighted by Crippen LogP contribution is -2.40. The van der Waals surface area contributed by atoms with Crippen LogP contribution in [0, 0.1) is 0 Å². The van der Waals surface area contributed by atoms with Crippen molar-refractivity contribution in [2.75, 3.05) is 25.5 Å². The largest absolute Gasteiger partial charge is 0.417 e. The Kier molecular flexibility index (Phi) is 4.69. The number of likely N-dealkylation sites (tertiary alicyclic amines) is 1. The van der Waals surface area contributed by atoms with Gasteiger partial charge in [-0.1, -0.05) is 12.1 Å². The lowest BCUT2D eigenvalue weighted by atomic mass is 9.98. The number of rotatable bonds is 4. The number of benzene rings is 1. The molecule has 5 nitrogen and oxygen atoms in total. The predicted molar refractivity (Wildman–Crippen MR) is 110 cm³/mol. The molecule has 3 heterocycles. The second kappa shape index (κ2) is 7.27. The summed E-state index contributed by atoms with van der Waals surface area (Å²) in [6.45, 7) is 1.96. The van der Waals surface area contributed by atoms with Crippen molar-refractivity contribution in [2.24, 2.45) is 0 Å². The van der Waals surface area contributed by atoms with Crippen LogP contribution in [0.4, 0.5) is 19.1 Å². The summed E-state index contributed by atoms with van der Waals surface area (Å²) in [4.78, 5) is 2.26. The lowest BCUT2D eigenvalue weighted by Gasteiger charge is -2.30. The highest BCUT2D eigenvalue weighted by molar-refractivity contribution is 5.80. The van der Waals surface area contributed by atoms with E-state index < -0.39 is 11.7 Å². The van der Waals surface area contributed by atoms with Crippen molar-refractivity contribution in [3.05, 3.63) is 47.7 Å². The molecule has 3 aromatic rings. The fourth-order valence-corrected chi connectivity index (χ4v) is 4.39. The molecule has 1 aliphatic heterocycles. The van der Waals surface area contributed by atoms with Crippen LogP contribution in [0.15, 0.2) is 36.5 Å². The number of piperidine rings is 1. The number of nitrogens with one attached hydrogen (secondary N) is 1. The zero-order valence-electron chi connectivity index (χ0n) is 16.8. The molecular weight excluding hydrogens is 391 g/mol. The Bertz CT molecular complexity index is 1070. The van der Waals surface area contributed by atoms with Gasteiger partial charge in [-0.3, -0.25) is 4.40 Å². The normalized spacial score (nSPS) is 20.6. The Labute approximate surface area is 172 Å². The Balaban J connectivity index is 1.55. The van der Waals surface area contributed by atoms with Gasteiger partial charge in [0.2, 0.25) is 5.95 Å². The predicted octanol–water partition coefficient (Wildman–Crippen LogP) is 4.80. The second-order valence-electron chi connectivity index (χ2n) is 8.46. The van der Waals surface area contributed by atoms with E-state index >= 15 is 0 Å². The van der Waals surface area contributed by atoms with E-state index in [4.69, 9.17) is 0 Å². The molecule has 30 heavy (non-hydrogen) atoms. The van der Waals surface area contributed by atoms with Gasteiger partial charge in [0.15, 0.2) is 0 Å². The van der Waals surface area contributed by atoms with Crippen LogP contribution >= 0.6 is 0 Å². The van der Waals surface area contributed by atoms with Crippen molar-refractivity contribution in [2.45, 2.75) is 43.8 Å². The summed E-state index contributed by atoms with van der Waals surface area (Å²) in [5, 5.41) is 12.0. The fourth-order valence-electron chi connectivity index (χ4n) is 4.39. The molecule has 5 rings (SSSR count). The quantitative estimate of drug-likeness (QED) is 0.665. The maximum absolute atomic E-state index is 13.9. The maximum atomic E-state index is 13.9. The molecule has 1 aliphatic carbocycles. The van der Waals surface area contributed by atoms with Gasteiger partial charge in [0.05, 0.1) is 11.1 Å². The third kappa shape index (κ3) is 3.64. The number of nitrogens with zero attached hydrogens (tertiary/aromatic N) is 4. The van der Waals surface area contributed by atoms with Crippen LogP contribution in [0.5, 0.6) is 0 Å². The number of alkyl halides is 3. The van der Waals surface area contributed by atoms with Gasteiger partial charge in [0, 0.05) is 24.3 Å². The molecule has 0 amide bonds. The van der Waals surface area contributed by atoms with Gasteiger partial charge in [-0.25, -0.2) is 0 Å². The Morgan fingerprint density at radius 1 is 1.10 bits per heavy atom. The molecule has 1 atom stereocenters.